The number of amides is 3. The van der Waals surface area contributed by atoms with E-state index >= 15 is 0 Å². The summed E-state index contributed by atoms with van der Waals surface area (Å²) >= 11 is 7.01. The summed E-state index contributed by atoms with van der Waals surface area (Å²) in [6.07, 6.45) is 1.50. The number of carbonyl (C=O) groups is 4. The van der Waals surface area contributed by atoms with Crippen LogP contribution in [0.15, 0.2) is 47.4 Å². The van der Waals surface area contributed by atoms with Gasteiger partial charge >= 0.3 is 5.97 Å². The number of nitrogens with one attached hydrogen (secondary N) is 1. The number of rotatable bonds is 7. The Morgan fingerprint density at radius 2 is 1.80 bits per heavy atom. The van der Waals surface area contributed by atoms with Crippen LogP contribution in [0.3, 0.4) is 0 Å². The first kappa shape index (κ1) is 26.3. The first-order valence-electron chi connectivity index (χ1n) is 10.7. The van der Waals surface area contributed by atoms with Crippen LogP contribution in [-0.4, -0.2) is 46.7 Å². The Hall–Kier alpha value is -3.30. The lowest BCUT2D eigenvalue weighted by molar-refractivity contribution is -0.156. The van der Waals surface area contributed by atoms with Gasteiger partial charge in [0.2, 0.25) is 0 Å². The van der Waals surface area contributed by atoms with Crippen molar-refractivity contribution < 1.29 is 28.7 Å². The number of hydrogen-bond acceptors (Lipinski definition) is 7. The zero-order valence-corrected chi connectivity index (χ0v) is 21.3. The fourth-order valence-corrected chi connectivity index (χ4v) is 4.07. The fraction of sp³-hybridized carbons (Fsp3) is 0.280. The van der Waals surface area contributed by atoms with Gasteiger partial charge in [-0.2, -0.15) is 0 Å². The van der Waals surface area contributed by atoms with Gasteiger partial charge in [0, 0.05) is 5.69 Å². The number of halogens is 1. The maximum Gasteiger partial charge on any atom is 0.326 e. The number of thioether (sulfide) groups is 1. The molecular weight excluding hydrogens is 492 g/mol. The van der Waals surface area contributed by atoms with Gasteiger partial charge in [-0.1, -0.05) is 35.4 Å². The molecule has 35 heavy (non-hydrogen) atoms. The molecule has 8 nitrogen and oxygen atoms in total. The minimum Gasteiger partial charge on any atom is -0.482 e. The molecule has 0 aliphatic carbocycles. The van der Waals surface area contributed by atoms with E-state index in [0.29, 0.717) is 17.0 Å². The summed E-state index contributed by atoms with van der Waals surface area (Å²) in [5.74, 6) is -1.30. The van der Waals surface area contributed by atoms with Gasteiger partial charge in [0.1, 0.15) is 17.9 Å². The van der Waals surface area contributed by atoms with E-state index < -0.39 is 29.3 Å². The highest BCUT2D eigenvalue weighted by Crippen LogP contribution is 2.34. The van der Waals surface area contributed by atoms with Crippen molar-refractivity contribution in [3.8, 4) is 5.75 Å². The Kier molecular flexibility index (Phi) is 8.24. The second kappa shape index (κ2) is 11.0. The van der Waals surface area contributed by atoms with Gasteiger partial charge in [-0.05, 0) is 75.4 Å². The molecule has 1 aliphatic heterocycles. The first-order valence-corrected chi connectivity index (χ1v) is 11.9. The number of aryl methyl sites for hydroxylation is 1. The summed E-state index contributed by atoms with van der Waals surface area (Å²) in [4.78, 5) is 50.0. The molecule has 3 rings (SSSR count). The van der Waals surface area contributed by atoms with Crippen molar-refractivity contribution in [1.82, 2.24) is 4.90 Å². The molecule has 0 radical (unpaired) electrons. The van der Waals surface area contributed by atoms with Crippen LogP contribution < -0.4 is 10.1 Å². The number of anilines is 1. The van der Waals surface area contributed by atoms with Gasteiger partial charge in [-0.15, -0.1) is 0 Å². The van der Waals surface area contributed by atoms with Crippen molar-refractivity contribution in [2.24, 2.45) is 0 Å². The van der Waals surface area contributed by atoms with Crippen molar-refractivity contribution in [2.45, 2.75) is 33.3 Å². The molecule has 10 heteroatoms. The Balaban J connectivity index is 1.60. The first-order chi connectivity index (χ1) is 16.4. The molecule has 2 aromatic rings. The Morgan fingerprint density at radius 1 is 1.11 bits per heavy atom. The topological polar surface area (TPSA) is 102 Å². The molecule has 0 saturated carbocycles. The molecule has 0 atom stereocenters. The quantitative estimate of drug-likeness (QED) is 0.406. The fourth-order valence-electron chi connectivity index (χ4n) is 2.99. The maximum atomic E-state index is 12.6. The van der Waals surface area contributed by atoms with Gasteiger partial charge in [0.15, 0.2) is 6.61 Å². The van der Waals surface area contributed by atoms with Crippen molar-refractivity contribution >= 4 is 58.1 Å². The summed E-state index contributed by atoms with van der Waals surface area (Å²) in [6.45, 7) is 6.36. The summed E-state index contributed by atoms with van der Waals surface area (Å²) in [5, 5.41) is 2.40. The average Bonchev–Trinajstić information content (AvgIpc) is 3.01. The van der Waals surface area contributed by atoms with Gasteiger partial charge in [-0.25, -0.2) is 0 Å². The predicted molar refractivity (Wildman–Crippen MR) is 135 cm³/mol. The van der Waals surface area contributed by atoms with Crippen LogP contribution in [0.4, 0.5) is 10.5 Å². The molecule has 0 spiro atoms. The largest absolute Gasteiger partial charge is 0.482 e. The van der Waals surface area contributed by atoms with E-state index in [9.17, 15) is 19.2 Å². The Labute approximate surface area is 212 Å². The molecule has 0 aromatic heterocycles. The minimum absolute atomic E-state index is 0.153. The van der Waals surface area contributed by atoms with Crippen LogP contribution in [0.2, 0.25) is 5.02 Å². The summed E-state index contributed by atoms with van der Waals surface area (Å²) in [5.41, 5.74) is 1.57. The Bertz CT molecular complexity index is 1190. The molecule has 0 bridgehead atoms. The minimum atomic E-state index is -0.726. The normalized spacial score (nSPS) is 14.9. The second-order valence-corrected chi connectivity index (χ2v) is 10.1. The predicted octanol–water partition coefficient (Wildman–Crippen LogP) is 5.04. The van der Waals surface area contributed by atoms with Gasteiger partial charge in [0.05, 0.1) is 9.93 Å². The van der Waals surface area contributed by atoms with E-state index in [0.717, 1.165) is 22.2 Å². The van der Waals surface area contributed by atoms with Crippen molar-refractivity contribution in [3.05, 3.63) is 63.5 Å². The summed E-state index contributed by atoms with van der Waals surface area (Å²) < 4.78 is 10.7. The van der Waals surface area contributed by atoms with Crippen LogP contribution in [0.5, 0.6) is 5.75 Å². The molecule has 1 fully saturated rings. The lowest BCUT2D eigenvalue weighted by Gasteiger charge is -2.21. The lowest BCUT2D eigenvalue weighted by atomic mass is 10.2. The third-order valence-corrected chi connectivity index (χ3v) is 5.73. The highest BCUT2D eigenvalue weighted by atomic mass is 35.5. The third kappa shape index (κ3) is 7.60. The van der Waals surface area contributed by atoms with Gasteiger partial charge in [-0.3, -0.25) is 24.1 Å². The number of nitrogens with zero attached hydrogens (tertiary/aromatic N) is 1. The smallest absolute Gasteiger partial charge is 0.326 e. The van der Waals surface area contributed by atoms with E-state index in [1.165, 1.54) is 6.08 Å². The SMILES string of the molecule is Cc1ccc(NC(=O)COc2ccc(C=C3SC(=O)N(CC(=O)OC(C)(C)C)C3=O)cc2Cl)cc1. The summed E-state index contributed by atoms with van der Waals surface area (Å²) in [6, 6.07) is 12.1. The second-order valence-electron chi connectivity index (χ2n) is 8.75. The van der Waals surface area contributed by atoms with Gasteiger partial charge in [0.25, 0.3) is 17.1 Å². The highest BCUT2D eigenvalue weighted by molar-refractivity contribution is 8.18. The van der Waals surface area contributed by atoms with Crippen LogP contribution in [0, 0.1) is 6.92 Å². The lowest BCUT2D eigenvalue weighted by Crippen LogP contribution is -2.37. The van der Waals surface area contributed by atoms with Crippen LogP contribution in [0.25, 0.3) is 6.08 Å². The molecule has 2 aromatic carbocycles. The molecule has 184 valence electrons. The number of imide groups is 1. The zero-order chi connectivity index (χ0) is 25.8. The molecular formula is C25H25ClN2O6S. The third-order valence-electron chi connectivity index (χ3n) is 4.53. The molecule has 1 heterocycles. The maximum absolute atomic E-state index is 12.6. The Morgan fingerprint density at radius 3 is 2.43 bits per heavy atom. The van der Waals surface area contributed by atoms with Crippen LogP contribution in [0.1, 0.15) is 31.9 Å². The van der Waals surface area contributed by atoms with Crippen molar-refractivity contribution in [1.29, 1.82) is 0 Å². The number of carbonyl (C=O) groups excluding carboxylic acids is 4. The highest BCUT2D eigenvalue weighted by Gasteiger charge is 2.37. The molecule has 1 saturated heterocycles. The standard InChI is InChI=1S/C25H25ClN2O6S/c1-15-5-8-17(9-6-15)27-21(29)14-33-19-10-7-16(11-18(19)26)12-20-23(31)28(24(32)35-20)13-22(30)34-25(2,3)4/h5-12H,13-14H2,1-4H3,(H,27,29). The van der Waals surface area contributed by atoms with Crippen molar-refractivity contribution in [2.75, 3.05) is 18.5 Å². The van der Waals surface area contributed by atoms with E-state index in [4.69, 9.17) is 21.1 Å². The molecule has 3 amide bonds. The number of esters is 1. The van der Waals surface area contributed by atoms with Crippen LogP contribution >= 0.6 is 23.4 Å². The number of ether oxygens (including phenoxy) is 2. The number of hydrogen-bond donors (Lipinski definition) is 1. The van der Waals surface area contributed by atoms with E-state index in [-0.39, 0.29) is 22.4 Å². The molecule has 1 N–H and O–H groups in total. The average molecular weight is 517 g/mol. The zero-order valence-electron chi connectivity index (χ0n) is 19.7. The van der Waals surface area contributed by atoms with E-state index in [1.807, 2.05) is 19.1 Å². The number of benzene rings is 2. The van der Waals surface area contributed by atoms with Gasteiger partial charge < -0.3 is 14.8 Å². The molecule has 0 unspecified atom stereocenters. The van der Waals surface area contributed by atoms with E-state index in [1.54, 1.807) is 51.1 Å². The summed E-state index contributed by atoms with van der Waals surface area (Å²) in [7, 11) is 0. The molecule has 1 aliphatic rings. The van der Waals surface area contributed by atoms with Crippen LogP contribution in [-0.2, 0) is 19.1 Å². The van der Waals surface area contributed by atoms with E-state index in [2.05, 4.69) is 5.32 Å². The van der Waals surface area contributed by atoms with Crippen molar-refractivity contribution in [3.63, 3.8) is 0 Å². The monoisotopic (exact) mass is 516 g/mol.